The molecule has 3 heterocycles. The third-order valence-corrected chi connectivity index (χ3v) is 7.30. The van der Waals surface area contributed by atoms with Crippen LogP contribution in [0, 0.1) is 5.92 Å². The highest BCUT2D eigenvalue weighted by molar-refractivity contribution is 6.04. The van der Waals surface area contributed by atoms with Gasteiger partial charge in [-0.15, -0.1) is 5.10 Å². The molecule has 196 valence electrons. The fourth-order valence-electron chi connectivity index (χ4n) is 5.37. The van der Waals surface area contributed by atoms with Gasteiger partial charge in [-0.1, -0.05) is 55.3 Å². The quantitative estimate of drug-likeness (QED) is 0.335. The Labute approximate surface area is 225 Å². The predicted octanol–water partition coefficient (Wildman–Crippen LogP) is 4.71. The van der Waals surface area contributed by atoms with E-state index in [-0.39, 0.29) is 16.9 Å². The van der Waals surface area contributed by atoms with E-state index in [1.807, 2.05) is 48.5 Å². The van der Waals surface area contributed by atoms with Crippen molar-refractivity contribution in [2.45, 2.75) is 38.6 Å². The monoisotopic (exact) mass is 519 g/mol. The third-order valence-electron chi connectivity index (χ3n) is 7.30. The summed E-state index contributed by atoms with van der Waals surface area (Å²) in [6.45, 7) is 1.80. The van der Waals surface area contributed by atoms with Crippen molar-refractivity contribution in [3.8, 4) is 5.69 Å². The zero-order chi connectivity index (χ0) is 26.9. The van der Waals surface area contributed by atoms with Crippen LogP contribution in [-0.4, -0.2) is 30.1 Å². The fourth-order valence-corrected chi connectivity index (χ4v) is 5.37. The number of benzene rings is 2. The van der Waals surface area contributed by atoms with Gasteiger partial charge < -0.3 is 11.1 Å². The molecular weight excluding hydrogens is 490 g/mol. The van der Waals surface area contributed by atoms with Crippen LogP contribution >= 0.6 is 0 Å². The predicted molar refractivity (Wildman–Crippen MR) is 152 cm³/mol. The number of hydrogen-bond acceptors (Lipinski definition) is 6. The van der Waals surface area contributed by atoms with E-state index in [0.717, 1.165) is 5.56 Å². The lowest BCUT2D eigenvalue weighted by atomic mass is 10.0. The van der Waals surface area contributed by atoms with Crippen molar-refractivity contribution in [2.24, 2.45) is 5.92 Å². The maximum absolute atomic E-state index is 14.1. The third kappa shape index (κ3) is 4.56. The lowest BCUT2D eigenvalue weighted by Gasteiger charge is -2.20. The van der Waals surface area contributed by atoms with Crippen molar-refractivity contribution in [1.29, 1.82) is 0 Å². The summed E-state index contributed by atoms with van der Waals surface area (Å²) in [6.07, 6.45) is 12.4. The number of hydrogen-bond donors (Lipinski definition) is 2. The van der Waals surface area contributed by atoms with Crippen molar-refractivity contribution in [3.05, 3.63) is 100 Å². The van der Waals surface area contributed by atoms with Crippen LogP contribution in [0.1, 0.15) is 60.4 Å². The molecule has 0 spiro atoms. The highest BCUT2D eigenvalue weighted by Crippen LogP contribution is 2.28. The van der Waals surface area contributed by atoms with Crippen LogP contribution < -0.4 is 16.6 Å². The smallest absolute Gasteiger partial charge is 0.266 e. The maximum Gasteiger partial charge on any atom is 0.266 e. The number of nitrogen functional groups attached to an aromatic ring is 1. The highest BCUT2D eigenvalue weighted by atomic mass is 16.2. The first-order chi connectivity index (χ1) is 19.0. The van der Waals surface area contributed by atoms with Crippen molar-refractivity contribution in [1.82, 2.24) is 29.5 Å². The second-order valence-corrected chi connectivity index (χ2v) is 9.93. The number of nitrogens with zero attached hydrogens (tertiary/aromatic N) is 5. The Morgan fingerprint density at radius 1 is 1.10 bits per heavy atom. The van der Waals surface area contributed by atoms with E-state index in [1.54, 1.807) is 30.0 Å². The van der Waals surface area contributed by atoms with Crippen molar-refractivity contribution < 1.29 is 4.79 Å². The molecule has 2 aromatic carbocycles. The Morgan fingerprint density at radius 2 is 1.90 bits per heavy atom. The fraction of sp³-hybridized carbons (Fsp3) is 0.233. The molecule has 9 nitrogen and oxygen atoms in total. The van der Waals surface area contributed by atoms with Crippen molar-refractivity contribution in [2.75, 3.05) is 5.73 Å². The van der Waals surface area contributed by atoms with Crippen LogP contribution in [0.3, 0.4) is 0 Å². The Hall–Kier alpha value is -4.79. The Morgan fingerprint density at radius 3 is 2.69 bits per heavy atom. The molecule has 39 heavy (non-hydrogen) atoms. The van der Waals surface area contributed by atoms with E-state index in [2.05, 4.69) is 27.6 Å². The zero-order valence-corrected chi connectivity index (χ0v) is 21.6. The van der Waals surface area contributed by atoms with Gasteiger partial charge in [0.25, 0.3) is 11.5 Å². The van der Waals surface area contributed by atoms with Gasteiger partial charge in [0, 0.05) is 12.4 Å². The summed E-state index contributed by atoms with van der Waals surface area (Å²) in [4.78, 5) is 36.7. The second kappa shape index (κ2) is 10.2. The number of fused-ring (bicyclic) bond motifs is 2. The van der Waals surface area contributed by atoms with E-state index < -0.39 is 11.9 Å². The van der Waals surface area contributed by atoms with E-state index in [4.69, 9.17) is 10.7 Å². The van der Waals surface area contributed by atoms with Gasteiger partial charge in [-0.2, -0.15) is 0 Å². The summed E-state index contributed by atoms with van der Waals surface area (Å²) in [5.41, 5.74) is 8.50. The molecule has 1 fully saturated rings. The summed E-state index contributed by atoms with van der Waals surface area (Å²) in [5.74, 6) is 0.577. The molecule has 0 unspecified atom stereocenters. The SMILES string of the molecule is C[C@@H](NC(=O)c1c(N)nn2cccnc12)c1nc2cccc(C=CC3CCCC3)c2c(=O)n1-c1ccccc1. The maximum atomic E-state index is 14.1. The Kier molecular flexibility index (Phi) is 6.40. The molecule has 0 saturated heterocycles. The Bertz CT molecular complexity index is 1770. The molecule has 1 amide bonds. The minimum atomic E-state index is -0.634. The molecule has 1 atom stereocenters. The summed E-state index contributed by atoms with van der Waals surface area (Å²) in [7, 11) is 0. The van der Waals surface area contributed by atoms with E-state index in [0.29, 0.717) is 34.0 Å². The second-order valence-electron chi connectivity index (χ2n) is 9.93. The first-order valence-corrected chi connectivity index (χ1v) is 13.2. The number of aromatic nitrogens is 5. The lowest BCUT2D eigenvalue weighted by molar-refractivity contribution is 0.0940. The van der Waals surface area contributed by atoms with Crippen LogP contribution in [0.2, 0.25) is 0 Å². The molecule has 3 N–H and O–H groups in total. The number of anilines is 1. The molecule has 5 aromatic rings. The normalized spacial score (nSPS) is 14.9. The van der Waals surface area contributed by atoms with Gasteiger partial charge in [-0.05, 0) is 55.5 Å². The highest BCUT2D eigenvalue weighted by Gasteiger charge is 2.25. The average molecular weight is 520 g/mol. The van der Waals surface area contributed by atoms with E-state index in [9.17, 15) is 9.59 Å². The standard InChI is InChI=1S/C30H29N7O2/c1-19(33-29(38)25-26(31)35-36-18-8-17-32-28(25)36)27-34-23-14-7-11-21(16-15-20-9-5-6-10-20)24(23)30(39)37(27)22-12-3-2-4-13-22/h2-4,7-8,11-20H,5-6,9-10H2,1H3,(H2,31,35)(H,33,38)/t19-/m1/s1. The molecule has 1 aliphatic rings. The summed E-state index contributed by atoms with van der Waals surface area (Å²) in [5, 5.41) is 7.70. The minimum absolute atomic E-state index is 0.0732. The van der Waals surface area contributed by atoms with Crippen LogP contribution in [0.5, 0.6) is 0 Å². The minimum Gasteiger partial charge on any atom is -0.381 e. The lowest BCUT2D eigenvalue weighted by Crippen LogP contribution is -2.33. The van der Waals surface area contributed by atoms with Gasteiger partial charge in [0.2, 0.25) is 0 Å². The summed E-state index contributed by atoms with van der Waals surface area (Å²) < 4.78 is 3.04. The number of carbonyl (C=O) groups is 1. The molecule has 1 aliphatic carbocycles. The first-order valence-electron chi connectivity index (χ1n) is 13.2. The average Bonchev–Trinajstić information content (AvgIpc) is 3.59. The molecule has 1 saturated carbocycles. The van der Waals surface area contributed by atoms with Crippen molar-refractivity contribution >= 4 is 34.4 Å². The van der Waals surface area contributed by atoms with Gasteiger partial charge in [0.05, 0.1) is 22.6 Å². The number of carbonyl (C=O) groups excluding carboxylic acids is 1. The number of nitrogens with one attached hydrogen (secondary N) is 1. The molecule has 0 aliphatic heterocycles. The van der Waals surface area contributed by atoms with Crippen LogP contribution in [0.15, 0.2) is 77.9 Å². The van der Waals surface area contributed by atoms with Crippen LogP contribution in [-0.2, 0) is 0 Å². The number of nitrogens with two attached hydrogens (primary N) is 1. The van der Waals surface area contributed by atoms with E-state index in [1.165, 1.54) is 30.2 Å². The summed E-state index contributed by atoms with van der Waals surface area (Å²) in [6, 6.07) is 16.1. The zero-order valence-electron chi connectivity index (χ0n) is 21.6. The number of allylic oxidation sites excluding steroid dienone is 1. The van der Waals surface area contributed by atoms with Gasteiger partial charge in [-0.25, -0.2) is 14.5 Å². The molecular formula is C30H29N7O2. The molecule has 9 heteroatoms. The molecule has 0 radical (unpaired) electrons. The summed E-state index contributed by atoms with van der Waals surface area (Å²) >= 11 is 0. The van der Waals surface area contributed by atoms with Gasteiger partial charge in [-0.3, -0.25) is 14.2 Å². The number of para-hydroxylation sites is 1. The molecule has 6 rings (SSSR count). The Balaban J connectivity index is 1.45. The number of rotatable bonds is 6. The number of amides is 1. The van der Waals surface area contributed by atoms with Crippen molar-refractivity contribution in [3.63, 3.8) is 0 Å². The van der Waals surface area contributed by atoms with Crippen LogP contribution in [0.25, 0.3) is 28.3 Å². The molecule has 0 bridgehead atoms. The first kappa shape index (κ1) is 24.5. The van der Waals surface area contributed by atoms with Gasteiger partial charge in [0.15, 0.2) is 11.5 Å². The van der Waals surface area contributed by atoms with Crippen LogP contribution in [0.4, 0.5) is 5.82 Å². The topological polar surface area (TPSA) is 120 Å². The van der Waals surface area contributed by atoms with Gasteiger partial charge in [0.1, 0.15) is 11.4 Å². The van der Waals surface area contributed by atoms with E-state index >= 15 is 0 Å². The molecule has 3 aromatic heterocycles. The largest absolute Gasteiger partial charge is 0.381 e. The van der Waals surface area contributed by atoms with Gasteiger partial charge >= 0.3 is 0 Å².